The summed E-state index contributed by atoms with van der Waals surface area (Å²) in [5, 5.41) is 9.08. The standard InChI is InChI=1S/C12H11NO2/c1-9(5-11-3-2-4-15-11)12(8-13)6-10(14)7-12/h2-5H,6-7H2,1H3/b9-5+. The molecule has 1 heterocycles. The first-order valence-electron chi connectivity index (χ1n) is 4.81. The Kier molecular flexibility index (Phi) is 2.20. The number of ketones is 1. The monoisotopic (exact) mass is 201 g/mol. The van der Waals surface area contributed by atoms with Crippen molar-refractivity contribution in [3.05, 3.63) is 29.7 Å². The normalized spacial score (nSPS) is 19.5. The highest BCUT2D eigenvalue weighted by atomic mass is 16.3. The molecule has 1 fully saturated rings. The molecule has 0 aliphatic heterocycles. The number of furan rings is 1. The average molecular weight is 201 g/mol. The average Bonchev–Trinajstić information content (AvgIpc) is 2.64. The maximum atomic E-state index is 11.0. The minimum Gasteiger partial charge on any atom is -0.465 e. The molecule has 1 aliphatic rings. The lowest BCUT2D eigenvalue weighted by Gasteiger charge is -2.34. The Balaban J connectivity index is 2.24. The maximum Gasteiger partial charge on any atom is 0.136 e. The molecule has 15 heavy (non-hydrogen) atoms. The number of Topliss-reactive ketones (excluding diaryl/α,β-unsaturated/α-hetero) is 1. The van der Waals surface area contributed by atoms with Crippen molar-refractivity contribution in [1.82, 2.24) is 0 Å². The van der Waals surface area contributed by atoms with Crippen LogP contribution in [0.25, 0.3) is 6.08 Å². The summed E-state index contributed by atoms with van der Waals surface area (Å²) < 4.78 is 5.17. The molecule has 3 nitrogen and oxygen atoms in total. The van der Waals surface area contributed by atoms with Crippen LogP contribution in [-0.2, 0) is 4.79 Å². The second-order valence-corrected chi connectivity index (χ2v) is 3.93. The lowest BCUT2D eigenvalue weighted by molar-refractivity contribution is -0.128. The number of nitrogens with zero attached hydrogens (tertiary/aromatic N) is 1. The highest BCUT2D eigenvalue weighted by molar-refractivity contribution is 5.89. The molecule has 0 unspecified atom stereocenters. The Morgan fingerprint density at radius 1 is 1.67 bits per heavy atom. The first-order chi connectivity index (χ1) is 7.16. The number of allylic oxidation sites excluding steroid dienone is 1. The third-order valence-corrected chi connectivity index (χ3v) is 2.87. The summed E-state index contributed by atoms with van der Waals surface area (Å²) in [6.07, 6.45) is 4.10. The van der Waals surface area contributed by atoms with Crippen molar-refractivity contribution in [2.45, 2.75) is 19.8 Å². The van der Waals surface area contributed by atoms with Crippen molar-refractivity contribution < 1.29 is 9.21 Å². The Morgan fingerprint density at radius 2 is 2.40 bits per heavy atom. The van der Waals surface area contributed by atoms with Crippen LogP contribution in [0.15, 0.2) is 28.4 Å². The number of nitriles is 1. The van der Waals surface area contributed by atoms with E-state index < -0.39 is 5.41 Å². The molecular formula is C12H11NO2. The fraction of sp³-hybridized carbons (Fsp3) is 0.333. The van der Waals surface area contributed by atoms with Gasteiger partial charge in [0.15, 0.2) is 0 Å². The van der Waals surface area contributed by atoms with Gasteiger partial charge in [-0.05, 0) is 30.7 Å². The lowest BCUT2D eigenvalue weighted by Crippen LogP contribution is -2.37. The second kappa shape index (κ2) is 3.39. The smallest absolute Gasteiger partial charge is 0.136 e. The maximum absolute atomic E-state index is 11.0. The molecule has 0 saturated heterocycles. The molecule has 0 spiro atoms. The molecule has 0 N–H and O–H groups in total. The first kappa shape index (κ1) is 9.72. The second-order valence-electron chi connectivity index (χ2n) is 3.93. The highest BCUT2D eigenvalue weighted by Gasteiger charge is 2.45. The van der Waals surface area contributed by atoms with Gasteiger partial charge in [0.25, 0.3) is 0 Å². The fourth-order valence-electron chi connectivity index (χ4n) is 1.79. The van der Waals surface area contributed by atoms with E-state index in [-0.39, 0.29) is 5.78 Å². The van der Waals surface area contributed by atoms with E-state index in [0.29, 0.717) is 12.8 Å². The Morgan fingerprint density at radius 3 is 2.87 bits per heavy atom. The van der Waals surface area contributed by atoms with Gasteiger partial charge in [0.2, 0.25) is 0 Å². The van der Waals surface area contributed by atoms with Crippen molar-refractivity contribution >= 4 is 11.9 Å². The van der Waals surface area contributed by atoms with Crippen LogP contribution in [0.1, 0.15) is 25.5 Å². The van der Waals surface area contributed by atoms with E-state index in [1.54, 1.807) is 12.3 Å². The molecule has 1 aromatic heterocycles. The SMILES string of the molecule is C/C(=C\c1ccco1)C1(C#N)CC(=O)C1. The number of hydrogen-bond acceptors (Lipinski definition) is 3. The molecule has 76 valence electrons. The Labute approximate surface area is 88.0 Å². The van der Waals surface area contributed by atoms with E-state index in [2.05, 4.69) is 6.07 Å². The molecule has 1 saturated carbocycles. The van der Waals surface area contributed by atoms with E-state index in [1.165, 1.54) is 0 Å². The lowest BCUT2D eigenvalue weighted by atomic mass is 9.64. The molecule has 3 heteroatoms. The molecule has 0 aromatic carbocycles. The van der Waals surface area contributed by atoms with Crippen LogP contribution in [0.2, 0.25) is 0 Å². The topological polar surface area (TPSA) is 54.0 Å². The zero-order chi connectivity index (χ0) is 10.9. The van der Waals surface area contributed by atoms with E-state index >= 15 is 0 Å². The van der Waals surface area contributed by atoms with E-state index in [4.69, 9.17) is 9.68 Å². The van der Waals surface area contributed by atoms with Gasteiger partial charge in [-0.1, -0.05) is 0 Å². The number of hydrogen-bond donors (Lipinski definition) is 0. The Bertz CT molecular complexity index is 440. The quantitative estimate of drug-likeness (QED) is 0.738. The minimum atomic E-state index is -0.579. The molecule has 0 amide bonds. The van der Waals surface area contributed by atoms with Gasteiger partial charge >= 0.3 is 0 Å². The van der Waals surface area contributed by atoms with Crippen molar-refractivity contribution in [3.8, 4) is 6.07 Å². The van der Waals surface area contributed by atoms with E-state index in [1.807, 2.05) is 19.1 Å². The minimum absolute atomic E-state index is 0.156. The number of carbonyl (C=O) groups is 1. The predicted molar refractivity (Wildman–Crippen MR) is 54.6 cm³/mol. The summed E-state index contributed by atoms with van der Waals surface area (Å²) in [6.45, 7) is 1.87. The van der Waals surface area contributed by atoms with Gasteiger partial charge in [-0.15, -0.1) is 0 Å². The van der Waals surface area contributed by atoms with Crippen LogP contribution in [0.3, 0.4) is 0 Å². The molecule has 0 radical (unpaired) electrons. The van der Waals surface area contributed by atoms with Gasteiger partial charge < -0.3 is 4.42 Å². The summed E-state index contributed by atoms with van der Waals surface area (Å²) in [6, 6.07) is 5.85. The van der Waals surface area contributed by atoms with Gasteiger partial charge in [0.05, 0.1) is 17.7 Å². The van der Waals surface area contributed by atoms with Crippen LogP contribution in [0, 0.1) is 16.7 Å². The van der Waals surface area contributed by atoms with Crippen LogP contribution >= 0.6 is 0 Å². The van der Waals surface area contributed by atoms with Crippen LogP contribution in [-0.4, -0.2) is 5.78 Å². The van der Waals surface area contributed by atoms with Crippen molar-refractivity contribution in [2.24, 2.45) is 5.41 Å². The van der Waals surface area contributed by atoms with Crippen molar-refractivity contribution in [3.63, 3.8) is 0 Å². The van der Waals surface area contributed by atoms with Crippen LogP contribution < -0.4 is 0 Å². The third-order valence-electron chi connectivity index (χ3n) is 2.87. The Hall–Kier alpha value is -1.82. The van der Waals surface area contributed by atoms with Gasteiger partial charge in [0.1, 0.15) is 11.5 Å². The summed E-state index contributed by atoms with van der Waals surface area (Å²) in [5.74, 6) is 0.880. The largest absolute Gasteiger partial charge is 0.465 e. The summed E-state index contributed by atoms with van der Waals surface area (Å²) in [7, 11) is 0. The van der Waals surface area contributed by atoms with Crippen molar-refractivity contribution in [2.75, 3.05) is 0 Å². The van der Waals surface area contributed by atoms with Gasteiger partial charge in [0, 0.05) is 12.8 Å². The van der Waals surface area contributed by atoms with Gasteiger partial charge in [-0.25, -0.2) is 0 Å². The molecule has 1 aromatic rings. The summed E-state index contributed by atoms with van der Waals surface area (Å²) >= 11 is 0. The van der Waals surface area contributed by atoms with Gasteiger partial charge in [-0.3, -0.25) is 4.79 Å². The number of carbonyl (C=O) groups excluding carboxylic acids is 1. The molecule has 1 aliphatic carbocycles. The molecule has 0 bridgehead atoms. The number of rotatable bonds is 2. The fourth-order valence-corrected chi connectivity index (χ4v) is 1.79. The summed E-state index contributed by atoms with van der Waals surface area (Å²) in [5.41, 5.74) is 0.323. The zero-order valence-corrected chi connectivity index (χ0v) is 8.49. The van der Waals surface area contributed by atoms with Gasteiger partial charge in [-0.2, -0.15) is 5.26 Å². The molecular weight excluding hydrogens is 190 g/mol. The third kappa shape index (κ3) is 1.59. The molecule has 2 rings (SSSR count). The van der Waals surface area contributed by atoms with E-state index in [9.17, 15) is 4.79 Å². The van der Waals surface area contributed by atoms with E-state index in [0.717, 1.165) is 11.3 Å². The van der Waals surface area contributed by atoms with Crippen LogP contribution in [0.4, 0.5) is 0 Å². The highest BCUT2D eigenvalue weighted by Crippen LogP contribution is 2.44. The predicted octanol–water partition coefficient (Wildman–Crippen LogP) is 2.56. The van der Waals surface area contributed by atoms with Crippen LogP contribution in [0.5, 0.6) is 0 Å². The molecule has 0 atom stereocenters. The van der Waals surface area contributed by atoms with Crippen molar-refractivity contribution in [1.29, 1.82) is 5.26 Å². The first-order valence-corrected chi connectivity index (χ1v) is 4.81. The zero-order valence-electron chi connectivity index (χ0n) is 8.49. The summed E-state index contributed by atoms with van der Waals surface area (Å²) in [4.78, 5) is 11.0.